The molecule has 0 aromatic carbocycles. The normalized spacial score (nSPS) is 15.0. The van der Waals surface area contributed by atoms with E-state index in [9.17, 15) is 0 Å². The molecular formula is C5H11O2. The fourth-order valence-corrected chi connectivity index (χ4v) is 0.183. The van der Waals surface area contributed by atoms with Gasteiger partial charge in [0.15, 0.2) is 0 Å². The Balaban J connectivity index is 3.14. The summed E-state index contributed by atoms with van der Waals surface area (Å²) in [7, 11) is 0. The second-order valence-electron chi connectivity index (χ2n) is 1.78. The van der Waals surface area contributed by atoms with Gasteiger partial charge < -0.3 is 10.2 Å². The third-order valence-electron chi connectivity index (χ3n) is 0.839. The maximum Gasteiger partial charge on any atom is 0.0827 e. The largest absolute Gasteiger partial charge is 0.394 e. The van der Waals surface area contributed by atoms with Crippen LogP contribution in [0.2, 0.25) is 0 Å². The van der Waals surface area contributed by atoms with E-state index in [0.29, 0.717) is 0 Å². The molecule has 1 atom stereocenters. The smallest absolute Gasteiger partial charge is 0.0827 e. The molecule has 0 aliphatic heterocycles. The highest BCUT2D eigenvalue weighted by atomic mass is 16.3. The molecule has 0 heterocycles. The highest BCUT2D eigenvalue weighted by Gasteiger charge is 2.05. The Labute approximate surface area is 43.8 Å². The summed E-state index contributed by atoms with van der Waals surface area (Å²) in [6.07, 6.45) is -0.625. The van der Waals surface area contributed by atoms with Crippen LogP contribution in [-0.2, 0) is 0 Å². The number of aliphatic hydroxyl groups is 2. The fourth-order valence-electron chi connectivity index (χ4n) is 0.183. The standard InChI is InChI=1S/C5H11O2/c1-4(2)5(7)3-6/h5-7H,3H2,1-2H3. The van der Waals surface area contributed by atoms with Gasteiger partial charge in [0.2, 0.25) is 0 Å². The molecule has 7 heavy (non-hydrogen) atoms. The summed E-state index contributed by atoms with van der Waals surface area (Å²) in [6.45, 7) is 3.39. The van der Waals surface area contributed by atoms with Gasteiger partial charge in [-0.2, -0.15) is 0 Å². The van der Waals surface area contributed by atoms with Crippen LogP contribution in [0.3, 0.4) is 0 Å². The fraction of sp³-hybridized carbons (Fsp3) is 0.800. The molecule has 0 aromatic heterocycles. The number of aliphatic hydroxyl groups excluding tert-OH is 2. The summed E-state index contributed by atoms with van der Waals surface area (Å²) in [4.78, 5) is 0. The third-order valence-corrected chi connectivity index (χ3v) is 0.839. The molecule has 0 amide bonds. The zero-order valence-electron chi connectivity index (χ0n) is 4.68. The summed E-state index contributed by atoms with van der Waals surface area (Å²) in [5.41, 5.74) is 0. The average Bonchev–Trinajstić information content (AvgIpc) is 1.65. The predicted molar refractivity (Wildman–Crippen MR) is 27.7 cm³/mol. The lowest BCUT2D eigenvalue weighted by Gasteiger charge is -2.07. The second kappa shape index (κ2) is 2.99. The van der Waals surface area contributed by atoms with Crippen molar-refractivity contribution < 1.29 is 10.2 Å². The van der Waals surface area contributed by atoms with Crippen LogP contribution in [0, 0.1) is 5.92 Å². The van der Waals surface area contributed by atoms with E-state index in [1.54, 1.807) is 13.8 Å². The first-order valence-electron chi connectivity index (χ1n) is 2.27. The van der Waals surface area contributed by atoms with E-state index in [4.69, 9.17) is 10.2 Å². The zero-order chi connectivity index (χ0) is 5.86. The lowest BCUT2D eigenvalue weighted by atomic mass is 10.1. The van der Waals surface area contributed by atoms with E-state index >= 15 is 0 Å². The molecule has 2 heteroatoms. The predicted octanol–water partition coefficient (Wildman–Crippen LogP) is -0.0461. The maximum absolute atomic E-state index is 8.65. The van der Waals surface area contributed by atoms with Gasteiger partial charge in [-0.1, -0.05) is 13.8 Å². The minimum atomic E-state index is -0.625. The monoisotopic (exact) mass is 103 g/mol. The van der Waals surface area contributed by atoms with Crippen LogP contribution in [0.15, 0.2) is 0 Å². The van der Waals surface area contributed by atoms with Gasteiger partial charge in [-0.05, 0) is 0 Å². The molecule has 0 aromatic rings. The summed E-state index contributed by atoms with van der Waals surface area (Å²) in [5.74, 6) is 0.850. The molecule has 2 nitrogen and oxygen atoms in total. The van der Waals surface area contributed by atoms with Gasteiger partial charge in [-0.3, -0.25) is 0 Å². The van der Waals surface area contributed by atoms with E-state index in [1.165, 1.54) is 0 Å². The van der Waals surface area contributed by atoms with Crippen molar-refractivity contribution in [3.8, 4) is 0 Å². The molecule has 2 N–H and O–H groups in total. The highest BCUT2D eigenvalue weighted by molar-refractivity contribution is 4.85. The van der Waals surface area contributed by atoms with Crippen LogP contribution in [0.4, 0.5) is 0 Å². The Morgan fingerprint density at radius 1 is 1.57 bits per heavy atom. The van der Waals surface area contributed by atoms with Crippen LogP contribution in [0.25, 0.3) is 0 Å². The van der Waals surface area contributed by atoms with Crippen LogP contribution < -0.4 is 0 Å². The zero-order valence-corrected chi connectivity index (χ0v) is 4.68. The molecule has 1 unspecified atom stereocenters. The first-order valence-corrected chi connectivity index (χ1v) is 2.27. The Morgan fingerprint density at radius 3 is 2.00 bits per heavy atom. The molecule has 0 spiro atoms. The molecule has 0 rings (SSSR count). The van der Waals surface area contributed by atoms with Crippen molar-refractivity contribution in [3.63, 3.8) is 0 Å². The lowest BCUT2D eigenvalue weighted by Crippen LogP contribution is -2.16. The minimum absolute atomic E-state index is 0.164. The lowest BCUT2D eigenvalue weighted by molar-refractivity contribution is 0.106. The summed E-state index contributed by atoms with van der Waals surface area (Å²) in [6, 6.07) is 0. The van der Waals surface area contributed by atoms with Crippen molar-refractivity contribution >= 4 is 0 Å². The number of hydrogen-bond acceptors (Lipinski definition) is 2. The van der Waals surface area contributed by atoms with Gasteiger partial charge in [0.25, 0.3) is 0 Å². The average molecular weight is 103 g/mol. The molecule has 0 aliphatic rings. The van der Waals surface area contributed by atoms with Gasteiger partial charge in [0.1, 0.15) is 0 Å². The summed E-state index contributed by atoms with van der Waals surface area (Å²) >= 11 is 0. The van der Waals surface area contributed by atoms with E-state index in [2.05, 4.69) is 0 Å². The number of rotatable bonds is 2. The van der Waals surface area contributed by atoms with Crippen molar-refractivity contribution in [2.75, 3.05) is 6.61 Å². The molecule has 0 fully saturated rings. The topological polar surface area (TPSA) is 40.5 Å². The van der Waals surface area contributed by atoms with E-state index in [1.807, 2.05) is 0 Å². The van der Waals surface area contributed by atoms with Gasteiger partial charge in [-0.15, -0.1) is 0 Å². The molecule has 0 saturated heterocycles. The van der Waals surface area contributed by atoms with E-state index in [-0.39, 0.29) is 6.61 Å². The van der Waals surface area contributed by atoms with Crippen LogP contribution >= 0.6 is 0 Å². The Morgan fingerprint density at radius 2 is 2.00 bits per heavy atom. The Bertz CT molecular complexity index is 43.3. The molecule has 43 valence electrons. The summed E-state index contributed by atoms with van der Waals surface area (Å²) in [5, 5.41) is 16.9. The first-order chi connectivity index (χ1) is 3.18. The van der Waals surface area contributed by atoms with Crippen molar-refractivity contribution in [1.82, 2.24) is 0 Å². The van der Waals surface area contributed by atoms with Gasteiger partial charge >= 0.3 is 0 Å². The van der Waals surface area contributed by atoms with E-state index in [0.717, 1.165) is 5.92 Å². The third kappa shape index (κ3) is 2.60. The Hall–Kier alpha value is -0.0800. The van der Waals surface area contributed by atoms with Crippen molar-refractivity contribution in [2.24, 2.45) is 0 Å². The molecule has 0 saturated carbocycles. The van der Waals surface area contributed by atoms with Crippen LogP contribution in [0.1, 0.15) is 13.8 Å². The van der Waals surface area contributed by atoms with Crippen molar-refractivity contribution in [3.05, 3.63) is 5.92 Å². The van der Waals surface area contributed by atoms with E-state index < -0.39 is 6.10 Å². The van der Waals surface area contributed by atoms with Gasteiger partial charge in [0.05, 0.1) is 12.7 Å². The highest BCUT2D eigenvalue weighted by Crippen LogP contribution is 2.00. The summed E-state index contributed by atoms with van der Waals surface area (Å²) < 4.78 is 0. The molecule has 1 radical (unpaired) electrons. The Kier molecular flexibility index (Phi) is 2.96. The van der Waals surface area contributed by atoms with Crippen LogP contribution in [0.5, 0.6) is 0 Å². The maximum atomic E-state index is 8.65. The van der Waals surface area contributed by atoms with Crippen molar-refractivity contribution in [1.29, 1.82) is 0 Å². The quantitative estimate of drug-likeness (QED) is 0.514. The van der Waals surface area contributed by atoms with Crippen LogP contribution in [-0.4, -0.2) is 22.9 Å². The second-order valence-corrected chi connectivity index (χ2v) is 1.78. The van der Waals surface area contributed by atoms with Gasteiger partial charge in [0, 0.05) is 5.92 Å². The minimum Gasteiger partial charge on any atom is -0.394 e. The van der Waals surface area contributed by atoms with Gasteiger partial charge in [-0.25, -0.2) is 0 Å². The SMILES string of the molecule is C[C](C)C(O)CO. The number of hydrogen-bond donors (Lipinski definition) is 2. The molecule has 0 aliphatic carbocycles. The van der Waals surface area contributed by atoms with Crippen molar-refractivity contribution in [2.45, 2.75) is 20.0 Å². The first kappa shape index (κ1) is 6.92. The molecule has 0 bridgehead atoms. The molecular weight excluding hydrogens is 92.1 g/mol.